The zero-order valence-corrected chi connectivity index (χ0v) is 11.6. The van der Waals surface area contributed by atoms with Crippen LogP contribution in [0.25, 0.3) is 0 Å². The lowest BCUT2D eigenvalue weighted by atomic mass is 10.3. The van der Waals surface area contributed by atoms with Crippen LogP contribution < -0.4 is 21.9 Å². The minimum atomic E-state index is 0.125. The van der Waals surface area contributed by atoms with Crippen molar-refractivity contribution in [2.24, 2.45) is 5.84 Å². The predicted octanol–water partition coefficient (Wildman–Crippen LogP) is -0.168. The summed E-state index contributed by atoms with van der Waals surface area (Å²) in [5.74, 6) is 6.67. The lowest BCUT2D eigenvalue weighted by Gasteiger charge is -2.29. The molecule has 1 unspecified atom stereocenters. The third-order valence-corrected chi connectivity index (χ3v) is 2.65. The van der Waals surface area contributed by atoms with Crippen LogP contribution in [0.4, 0.5) is 17.6 Å². The maximum atomic E-state index is 5.67. The van der Waals surface area contributed by atoms with Crippen LogP contribution in [-0.2, 0) is 9.47 Å². The van der Waals surface area contributed by atoms with Gasteiger partial charge in [0.1, 0.15) is 11.6 Å². The maximum absolute atomic E-state index is 5.67. The van der Waals surface area contributed by atoms with Gasteiger partial charge in [0.05, 0.1) is 19.3 Å². The van der Waals surface area contributed by atoms with Gasteiger partial charge in [-0.2, -0.15) is 9.97 Å². The van der Waals surface area contributed by atoms with Crippen LogP contribution in [0.3, 0.4) is 0 Å². The summed E-state index contributed by atoms with van der Waals surface area (Å²) in [5, 5.41) is 0. The van der Waals surface area contributed by atoms with E-state index in [4.69, 9.17) is 21.1 Å². The number of hydrazine groups is 1. The monoisotopic (exact) mass is 270 g/mol. The van der Waals surface area contributed by atoms with Crippen molar-refractivity contribution in [2.45, 2.75) is 13.0 Å². The molecule has 108 valence electrons. The Kier molecular flexibility index (Phi) is 6.26. The van der Waals surface area contributed by atoms with E-state index in [-0.39, 0.29) is 12.0 Å². The number of nitrogens with zero attached hydrogens (tertiary/aromatic N) is 3. The van der Waals surface area contributed by atoms with E-state index in [0.29, 0.717) is 31.4 Å². The largest absolute Gasteiger partial charge is 0.383 e. The SMILES string of the molecule is COCCN(c1cc(NN)nc(N)n1)C(C)COC. The molecule has 0 saturated heterocycles. The Balaban J connectivity index is 2.97. The number of hydrogen-bond acceptors (Lipinski definition) is 8. The van der Waals surface area contributed by atoms with Gasteiger partial charge >= 0.3 is 0 Å². The van der Waals surface area contributed by atoms with Gasteiger partial charge in [0.15, 0.2) is 0 Å². The summed E-state index contributed by atoms with van der Waals surface area (Å²) in [7, 11) is 3.31. The number of anilines is 3. The summed E-state index contributed by atoms with van der Waals surface area (Å²) in [6.45, 7) is 3.84. The van der Waals surface area contributed by atoms with Crippen LogP contribution in [0.2, 0.25) is 0 Å². The van der Waals surface area contributed by atoms with E-state index < -0.39 is 0 Å². The molecule has 0 aliphatic carbocycles. The molecular formula is C11H22N6O2. The van der Waals surface area contributed by atoms with Crippen molar-refractivity contribution in [1.29, 1.82) is 0 Å². The quantitative estimate of drug-likeness (QED) is 0.441. The molecular weight excluding hydrogens is 248 g/mol. The molecule has 5 N–H and O–H groups in total. The summed E-state index contributed by atoms with van der Waals surface area (Å²) >= 11 is 0. The van der Waals surface area contributed by atoms with Crippen LogP contribution in [0.1, 0.15) is 6.92 Å². The van der Waals surface area contributed by atoms with Crippen molar-refractivity contribution in [3.63, 3.8) is 0 Å². The van der Waals surface area contributed by atoms with Crippen molar-refractivity contribution in [3.8, 4) is 0 Å². The highest BCUT2D eigenvalue weighted by molar-refractivity contribution is 5.52. The van der Waals surface area contributed by atoms with Gasteiger partial charge in [0, 0.05) is 26.8 Å². The number of aromatic nitrogens is 2. The standard InChI is InChI=1S/C11H22N6O2/c1-8(7-19-3)17(4-5-18-2)10-6-9(16-13)14-11(12)15-10/h6,8H,4-5,7,13H2,1-3H3,(H3,12,14,15,16). The van der Waals surface area contributed by atoms with E-state index in [0.717, 1.165) is 0 Å². The first-order valence-corrected chi connectivity index (χ1v) is 5.98. The van der Waals surface area contributed by atoms with Crippen LogP contribution in [-0.4, -0.2) is 50.0 Å². The molecule has 0 spiro atoms. The van der Waals surface area contributed by atoms with Gasteiger partial charge in [-0.1, -0.05) is 0 Å². The fourth-order valence-corrected chi connectivity index (χ4v) is 1.76. The summed E-state index contributed by atoms with van der Waals surface area (Å²) in [6, 6.07) is 1.86. The Morgan fingerprint density at radius 1 is 1.37 bits per heavy atom. The smallest absolute Gasteiger partial charge is 0.223 e. The number of methoxy groups -OCH3 is 2. The minimum Gasteiger partial charge on any atom is -0.383 e. The highest BCUT2D eigenvalue weighted by Gasteiger charge is 2.17. The number of hydrogen-bond donors (Lipinski definition) is 3. The number of nitrogen functional groups attached to an aromatic ring is 2. The van der Waals surface area contributed by atoms with Gasteiger partial charge in [0.25, 0.3) is 0 Å². The van der Waals surface area contributed by atoms with E-state index in [1.807, 2.05) is 11.8 Å². The van der Waals surface area contributed by atoms with Gasteiger partial charge in [-0.3, -0.25) is 0 Å². The second kappa shape index (κ2) is 7.72. The Hall–Kier alpha value is -1.64. The van der Waals surface area contributed by atoms with E-state index in [9.17, 15) is 0 Å². The highest BCUT2D eigenvalue weighted by Crippen LogP contribution is 2.18. The van der Waals surface area contributed by atoms with E-state index >= 15 is 0 Å². The normalized spacial score (nSPS) is 12.2. The lowest BCUT2D eigenvalue weighted by Crippen LogP contribution is -2.39. The van der Waals surface area contributed by atoms with Crippen molar-refractivity contribution in [1.82, 2.24) is 9.97 Å². The second-order valence-electron chi connectivity index (χ2n) is 4.10. The molecule has 1 rings (SSSR count). The summed E-state index contributed by atoms with van der Waals surface area (Å²) in [4.78, 5) is 10.2. The van der Waals surface area contributed by atoms with Crippen LogP contribution in [0.5, 0.6) is 0 Å². The van der Waals surface area contributed by atoms with Crippen molar-refractivity contribution in [2.75, 3.05) is 50.0 Å². The topological polar surface area (TPSA) is 112 Å². The molecule has 0 fully saturated rings. The zero-order chi connectivity index (χ0) is 14.3. The van der Waals surface area contributed by atoms with Gasteiger partial charge in [-0.15, -0.1) is 0 Å². The molecule has 8 nitrogen and oxygen atoms in total. The Bertz CT molecular complexity index is 389. The molecule has 0 saturated carbocycles. The fraction of sp³-hybridized carbons (Fsp3) is 0.636. The lowest BCUT2D eigenvalue weighted by molar-refractivity contribution is 0.170. The first-order chi connectivity index (χ1) is 9.12. The molecule has 0 bridgehead atoms. The van der Waals surface area contributed by atoms with Crippen molar-refractivity contribution < 1.29 is 9.47 Å². The Morgan fingerprint density at radius 2 is 2.11 bits per heavy atom. The average molecular weight is 270 g/mol. The molecule has 1 atom stereocenters. The van der Waals surface area contributed by atoms with Crippen molar-refractivity contribution >= 4 is 17.6 Å². The van der Waals surface area contributed by atoms with Crippen LogP contribution in [0, 0.1) is 0 Å². The van der Waals surface area contributed by atoms with Crippen molar-refractivity contribution in [3.05, 3.63) is 6.07 Å². The zero-order valence-electron chi connectivity index (χ0n) is 11.6. The molecule has 0 aliphatic heterocycles. The number of ether oxygens (including phenoxy) is 2. The van der Waals surface area contributed by atoms with Gasteiger partial charge in [0.2, 0.25) is 5.95 Å². The molecule has 0 amide bonds. The van der Waals surface area contributed by atoms with Crippen LogP contribution >= 0.6 is 0 Å². The molecule has 0 radical (unpaired) electrons. The summed E-state index contributed by atoms with van der Waals surface area (Å²) in [6.07, 6.45) is 0. The van der Waals surface area contributed by atoms with Gasteiger partial charge in [-0.05, 0) is 6.92 Å². The van der Waals surface area contributed by atoms with E-state index in [1.165, 1.54) is 0 Å². The molecule has 0 aromatic carbocycles. The van der Waals surface area contributed by atoms with Gasteiger partial charge < -0.3 is 25.5 Å². The van der Waals surface area contributed by atoms with Gasteiger partial charge in [-0.25, -0.2) is 5.84 Å². The number of nitrogens with two attached hydrogens (primary N) is 2. The Morgan fingerprint density at radius 3 is 2.68 bits per heavy atom. The fourth-order valence-electron chi connectivity index (χ4n) is 1.76. The third kappa shape index (κ3) is 4.51. The van der Waals surface area contributed by atoms with Crippen LogP contribution in [0.15, 0.2) is 6.07 Å². The molecule has 1 heterocycles. The third-order valence-electron chi connectivity index (χ3n) is 2.65. The Labute approximate surface area is 113 Å². The molecule has 19 heavy (non-hydrogen) atoms. The molecule has 1 aromatic rings. The average Bonchev–Trinajstić information content (AvgIpc) is 2.39. The number of rotatable bonds is 8. The molecule has 1 aromatic heterocycles. The van der Waals surface area contributed by atoms with E-state index in [1.54, 1.807) is 20.3 Å². The maximum Gasteiger partial charge on any atom is 0.223 e. The first kappa shape index (κ1) is 15.4. The first-order valence-electron chi connectivity index (χ1n) is 5.98. The predicted molar refractivity (Wildman–Crippen MR) is 74.8 cm³/mol. The van der Waals surface area contributed by atoms with E-state index in [2.05, 4.69) is 15.4 Å². The molecule has 8 heteroatoms. The number of nitrogens with one attached hydrogen (secondary N) is 1. The second-order valence-corrected chi connectivity index (χ2v) is 4.10. The summed E-state index contributed by atoms with van der Waals surface area (Å²) < 4.78 is 10.3. The molecule has 0 aliphatic rings. The minimum absolute atomic E-state index is 0.125. The highest BCUT2D eigenvalue weighted by atomic mass is 16.5. The summed E-state index contributed by atoms with van der Waals surface area (Å²) in [5.41, 5.74) is 8.14.